The van der Waals surface area contributed by atoms with Crippen LogP contribution in [0, 0.1) is 0 Å². The van der Waals surface area contributed by atoms with E-state index in [1.807, 2.05) is 61.5 Å². The summed E-state index contributed by atoms with van der Waals surface area (Å²) >= 11 is 0. The van der Waals surface area contributed by atoms with Crippen molar-refractivity contribution in [1.29, 1.82) is 0 Å². The van der Waals surface area contributed by atoms with E-state index >= 15 is 0 Å². The number of nitrogens with zero attached hydrogens (tertiary/aromatic N) is 2. The van der Waals surface area contributed by atoms with Crippen molar-refractivity contribution in [2.75, 3.05) is 31.6 Å². The van der Waals surface area contributed by atoms with Crippen LogP contribution in [0.25, 0.3) is 10.8 Å². The molecule has 8 heteroatoms. The molecule has 1 heterocycles. The highest BCUT2D eigenvalue weighted by Crippen LogP contribution is 2.30. The van der Waals surface area contributed by atoms with Gasteiger partial charge in [0, 0.05) is 24.3 Å². The van der Waals surface area contributed by atoms with E-state index in [2.05, 4.69) is 22.8 Å². The van der Waals surface area contributed by atoms with Gasteiger partial charge in [-0.1, -0.05) is 54.6 Å². The van der Waals surface area contributed by atoms with Crippen LogP contribution in [0.4, 0.5) is 10.5 Å². The predicted molar refractivity (Wildman–Crippen MR) is 167 cm³/mol. The Morgan fingerprint density at radius 1 is 0.884 bits per heavy atom. The predicted octanol–water partition coefficient (Wildman–Crippen LogP) is 5.79. The van der Waals surface area contributed by atoms with Gasteiger partial charge in [0.15, 0.2) is 0 Å². The van der Waals surface area contributed by atoms with Crippen molar-refractivity contribution in [2.24, 2.45) is 0 Å². The lowest BCUT2D eigenvalue weighted by Crippen LogP contribution is -2.62. The zero-order valence-electron chi connectivity index (χ0n) is 24.3. The molecule has 2 N–H and O–H groups in total. The quantitative estimate of drug-likeness (QED) is 0.304. The molecule has 2 aliphatic rings. The SMILES string of the molecule is CCOc1ccc(NC(=O)N2CCN(C(=O)c3ccc4ccccc4c3)C(C(=O)NC3CCCc4ccccc43)C2)cc1. The highest BCUT2D eigenvalue weighted by atomic mass is 16.5. The standard InChI is InChI=1S/C35H36N4O4/c1-2-43-29-18-16-28(17-19-29)36-35(42)38-20-21-39(34(41)27-15-14-24-8-3-4-10-26(24)22-27)32(23-38)33(40)37-31-13-7-11-25-9-5-6-12-30(25)31/h3-6,8-10,12,14-19,22,31-32H,2,7,11,13,20-21,23H2,1H3,(H,36,42)(H,37,40). The minimum Gasteiger partial charge on any atom is -0.494 e. The molecule has 6 rings (SSSR count). The highest BCUT2D eigenvalue weighted by Gasteiger charge is 2.38. The number of amides is 4. The average molecular weight is 577 g/mol. The number of hydrogen-bond donors (Lipinski definition) is 2. The summed E-state index contributed by atoms with van der Waals surface area (Å²) in [5, 5.41) is 8.16. The van der Waals surface area contributed by atoms with Crippen LogP contribution in [0.5, 0.6) is 5.75 Å². The van der Waals surface area contributed by atoms with Crippen molar-refractivity contribution in [1.82, 2.24) is 15.1 Å². The van der Waals surface area contributed by atoms with Crippen molar-refractivity contribution >= 4 is 34.3 Å². The van der Waals surface area contributed by atoms with Crippen LogP contribution in [-0.2, 0) is 11.2 Å². The van der Waals surface area contributed by atoms with E-state index in [9.17, 15) is 14.4 Å². The summed E-state index contributed by atoms with van der Waals surface area (Å²) in [7, 11) is 0. The number of anilines is 1. The molecule has 0 spiro atoms. The van der Waals surface area contributed by atoms with Gasteiger partial charge in [-0.15, -0.1) is 0 Å². The summed E-state index contributed by atoms with van der Waals surface area (Å²) in [5.74, 6) is 0.248. The molecule has 4 aromatic rings. The molecule has 4 aromatic carbocycles. The molecule has 0 radical (unpaired) electrons. The molecule has 43 heavy (non-hydrogen) atoms. The summed E-state index contributed by atoms with van der Waals surface area (Å²) < 4.78 is 5.50. The number of nitrogens with one attached hydrogen (secondary N) is 2. The minimum atomic E-state index is -0.840. The molecule has 0 bridgehead atoms. The molecule has 1 fully saturated rings. The molecule has 4 amide bonds. The third-order valence-corrected chi connectivity index (χ3v) is 8.33. The van der Waals surface area contributed by atoms with Gasteiger partial charge in [0.1, 0.15) is 11.8 Å². The maximum Gasteiger partial charge on any atom is 0.321 e. The molecule has 220 valence electrons. The van der Waals surface area contributed by atoms with Crippen molar-refractivity contribution in [3.63, 3.8) is 0 Å². The van der Waals surface area contributed by atoms with Crippen molar-refractivity contribution in [3.05, 3.63) is 108 Å². The van der Waals surface area contributed by atoms with Gasteiger partial charge >= 0.3 is 6.03 Å². The lowest BCUT2D eigenvalue weighted by Gasteiger charge is -2.41. The van der Waals surface area contributed by atoms with E-state index < -0.39 is 6.04 Å². The lowest BCUT2D eigenvalue weighted by atomic mass is 9.87. The summed E-state index contributed by atoms with van der Waals surface area (Å²) in [6.07, 6.45) is 2.79. The third-order valence-electron chi connectivity index (χ3n) is 8.33. The fourth-order valence-electron chi connectivity index (χ4n) is 6.10. The number of carbonyl (C=O) groups excluding carboxylic acids is 3. The number of hydrogen-bond acceptors (Lipinski definition) is 4. The van der Waals surface area contributed by atoms with E-state index in [1.54, 1.807) is 34.1 Å². The number of aryl methyl sites for hydroxylation is 1. The first kappa shape index (κ1) is 28.3. The molecule has 2 atom stereocenters. The molecule has 8 nitrogen and oxygen atoms in total. The second-order valence-electron chi connectivity index (χ2n) is 11.1. The first-order chi connectivity index (χ1) is 21.0. The van der Waals surface area contributed by atoms with E-state index in [1.165, 1.54) is 5.56 Å². The Morgan fingerprint density at radius 2 is 1.65 bits per heavy atom. The van der Waals surface area contributed by atoms with Gasteiger partial charge in [0.2, 0.25) is 5.91 Å². The van der Waals surface area contributed by atoms with Crippen LogP contribution in [0.2, 0.25) is 0 Å². The molecule has 1 aliphatic heterocycles. The second kappa shape index (κ2) is 12.6. The van der Waals surface area contributed by atoms with Crippen LogP contribution < -0.4 is 15.4 Å². The van der Waals surface area contributed by atoms with Crippen LogP contribution in [0.15, 0.2) is 91.0 Å². The fraction of sp³-hybridized carbons (Fsp3) is 0.286. The zero-order valence-corrected chi connectivity index (χ0v) is 24.3. The number of urea groups is 1. The van der Waals surface area contributed by atoms with Gasteiger partial charge in [0.05, 0.1) is 19.2 Å². The molecular weight excluding hydrogens is 540 g/mol. The highest BCUT2D eigenvalue weighted by molar-refractivity contribution is 6.01. The van der Waals surface area contributed by atoms with Crippen LogP contribution >= 0.6 is 0 Å². The maximum atomic E-state index is 14.0. The minimum absolute atomic E-state index is 0.0857. The molecule has 1 aliphatic carbocycles. The van der Waals surface area contributed by atoms with Gasteiger partial charge in [0.25, 0.3) is 5.91 Å². The first-order valence-corrected chi connectivity index (χ1v) is 15.0. The third kappa shape index (κ3) is 6.18. The van der Waals surface area contributed by atoms with Crippen molar-refractivity contribution in [2.45, 2.75) is 38.3 Å². The number of ether oxygens (including phenoxy) is 1. The number of benzene rings is 4. The molecule has 0 saturated carbocycles. The van der Waals surface area contributed by atoms with E-state index in [-0.39, 0.29) is 37.0 Å². The second-order valence-corrected chi connectivity index (χ2v) is 11.1. The number of piperazine rings is 1. The maximum absolute atomic E-state index is 14.0. The summed E-state index contributed by atoms with van der Waals surface area (Å²) in [5.41, 5.74) is 3.51. The van der Waals surface area contributed by atoms with E-state index in [0.717, 1.165) is 41.3 Å². The van der Waals surface area contributed by atoms with Gasteiger partial charge in [-0.05, 0) is 84.5 Å². The Kier molecular flexibility index (Phi) is 8.27. The van der Waals surface area contributed by atoms with Crippen LogP contribution in [0.3, 0.4) is 0 Å². The normalized spacial score (nSPS) is 18.1. The van der Waals surface area contributed by atoms with Crippen LogP contribution in [-0.4, -0.2) is 59.9 Å². The zero-order chi connectivity index (χ0) is 29.8. The van der Waals surface area contributed by atoms with E-state index in [0.29, 0.717) is 24.4 Å². The Balaban J connectivity index is 1.23. The average Bonchev–Trinajstić information content (AvgIpc) is 3.05. The number of rotatable bonds is 6. The summed E-state index contributed by atoms with van der Waals surface area (Å²) in [6, 6.07) is 27.6. The lowest BCUT2D eigenvalue weighted by molar-refractivity contribution is -0.128. The first-order valence-electron chi connectivity index (χ1n) is 15.0. The van der Waals surface area contributed by atoms with E-state index in [4.69, 9.17) is 4.74 Å². The molecule has 2 unspecified atom stereocenters. The molecule has 0 aromatic heterocycles. The van der Waals surface area contributed by atoms with Gasteiger partial charge in [-0.25, -0.2) is 4.79 Å². The Labute approximate surface area is 251 Å². The number of carbonyl (C=O) groups is 3. The topological polar surface area (TPSA) is 91.0 Å². The molecule has 1 saturated heterocycles. The summed E-state index contributed by atoms with van der Waals surface area (Å²) in [4.78, 5) is 44.5. The fourth-order valence-corrected chi connectivity index (χ4v) is 6.10. The van der Waals surface area contributed by atoms with Gasteiger partial charge < -0.3 is 25.2 Å². The Morgan fingerprint density at radius 3 is 2.47 bits per heavy atom. The molecular formula is C35H36N4O4. The smallest absolute Gasteiger partial charge is 0.321 e. The Hall–Kier alpha value is -4.85. The van der Waals surface area contributed by atoms with Crippen LogP contribution in [0.1, 0.15) is 47.3 Å². The van der Waals surface area contributed by atoms with Gasteiger partial charge in [-0.2, -0.15) is 0 Å². The van der Waals surface area contributed by atoms with Crippen molar-refractivity contribution < 1.29 is 19.1 Å². The number of fused-ring (bicyclic) bond motifs is 2. The van der Waals surface area contributed by atoms with Crippen molar-refractivity contribution in [3.8, 4) is 5.75 Å². The largest absolute Gasteiger partial charge is 0.494 e. The summed E-state index contributed by atoms with van der Waals surface area (Å²) in [6.45, 7) is 3.10. The monoisotopic (exact) mass is 576 g/mol. The Bertz CT molecular complexity index is 1640. The van der Waals surface area contributed by atoms with Gasteiger partial charge in [-0.3, -0.25) is 9.59 Å².